The van der Waals surface area contributed by atoms with Gasteiger partial charge in [0.25, 0.3) is 0 Å². The minimum atomic E-state index is -4.24. The number of alkyl halides is 3. The number of unbranched alkanes of at least 4 members (excludes halogenated alkanes) is 1. The Morgan fingerprint density at radius 3 is 2.38 bits per heavy atom. The summed E-state index contributed by atoms with van der Waals surface area (Å²) in [4.78, 5) is 0. The van der Waals surface area contributed by atoms with E-state index in [1.54, 1.807) is 12.1 Å². The van der Waals surface area contributed by atoms with Crippen LogP contribution in [0.3, 0.4) is 0 Å². The van der Waals surface area contributed by atoms with E-state index in [4.69, 9.17) is 0 Å². The molecule has 0 aliphatic rings. The minimum Gasteiger partial charge on any atom is -0.166 e. The Morgan fingerprint density at radius 2 is 1.81 bits per heavy atom. The van der Waals surface area contributed by atoms with Gasteiger partial charge < -0.3 is 0 Å². The molecule has 3 heteroatoms. The summed E-state index contributed by atoms with van der Waals surface area (Å²) in [6.07, 6.45) is -1.45. The zero-order chi connectivity index (χ0) is 12.2. The van der Waals surface area contributed by atoms with Crippen LogP contribution in [0.25, 0.3) is 0 Å². The lowest BCUT2D eigenvalue weighted by atomic mass is 9.91. The highest BCUT2D eigenvalue weighted by atomic mass is 19.4. The van der Waals surface area contributed by atoms with Gasteiger partial charge in [-0.05, 0) is 24.0 Å². The molecule has 0 saturated carbocycles. The zero-order valence-corrected chi connectivity index (χ0v) is 9.64. The van der Waals surface area contributed by atoms with Crippen LogP contribution in [-0.4, -0.2) is 0 Å². The second kappa shape index (κ2) is 5.37. The lowest BCUT2D eigenvalue weighted by molar-refractivity contribution is -0.138. The number of halogens is 3. The first-order chi connectivity index (χ1) is 7.46. The first kappa shape index (κ1) is 13.1. The molecule has 0 aliphatic heterocycles. The highest BCUT2D eigenvalue weighted by molar-refractivity contribution is 5.32. The third kappa shape index (κ3) is 3.26. The molecule has 0 nitrogen and oxygen atoms in total. The molecular weight excluding hydrogens is 213 g/mol. The Bertz CT molecular complexity index is 328. The summed E-state index contributed by atoms with van der Waals surface area (Å²) in [6.45, 7) is 3.91. The maximum atomic E-state index is 12.7. The van der Waals surface area contributed by atoms with Crippen LogP contribution in [0, 0.1) is 0 Å². The van der Waals surface area contributed by atoms with Crippen molar-refractivity contribution in [2.45, 2.75) is 45.2 Å². The van der Waals surface area contributed by atoms with Crippen molar-refractivity contribution in [3.8, 4) is 0 Å². The molecule has 0 fully saturated rings. The van der Waals surface area contributed by atoms with Crippen molar-refractivity contribution in [2.75, 3.05) is 0 Å². The van der Waals surface area contributed by atoms with Crippen molar-refractivity contribution in [1.82, 2.24) is 0 Å². The average molecular weight is 230 g/mol. The number of benzene rings is 1. The number of rotatable bonds is 4. The molecule has 0 radical (unpaired) electrons. The summed E-state index contributed by atoms with van der Waals surface area (Å²) in [7, 11) is 0. The fourth-order valence-electron chi connectivity index (χ4n) is 1.85. The summed E-state index contributed by atoms with van der Waals surface area (Å²) in [5.74, 6) is -0.0298. The smallest absolute Gasteiger partial charge is 0.166 e. The molecule has 0 amide bonds. The maximum absolute atomic E-state index is 12.7. The fraction of sp³-hybridized carbons (Fsp3) is 0.538. The van der Waals surface area contributed by atoms with Gasteiger partial charge in [-0.25, -0.2) is 0 Å². The molecule has 1 rings (SSSR count). The third-order valence-electron chi connectivity index (χ3n) is 2.79. The van der Waals surface area contributed by atoms with Crippen LogP contribution in [0.4, 0.5) is 13.2 Å². The first-order valence-electron chi connectivity index (χ1n) is 5.63. The molecule has 0 aromatic heterocycles. The highest BCUT2D eigenvalue weighted by Crippen LogP contribution is 2.36. The van der Waals surface area contributed by atoms with E-state index in [9.17, 15) is 13.2 Å². The standard InChI is InChI=1S/C13H17F3/c1-3-4-7-10(2)11-8-5-6-9-12(11)13(14,15)16/h5-6,8-10H,3-4,7H2,1-2H3/t10-/m0/s1. The highest BCUT2D eigenvalue weighted by Gasteiger charge is 2.33. The normalized spacial score (nSPS) is 13.8. The third-order valence-corrected chi connectivity index (χ3v) is 2.79. The van der Waals surface area contributed by atoms with Gasteiger partial charge in [-0.1, -0.05) is 44.9 Å². The monoisotopic (exact) mass is 230 g/mol. The summed E-state index contributed by atoms with van der Waals surface area (Å²) in [6, 6.07) is 5.87. The average Bonchev–Trinajstić information content (AvgIpc) is 2.24. The Balaban J connectivity index is 2.94. The van der Waals surface area contributed by atoms with Crippen LogP contribution < -0.4 is 0 Å². The largest absolute Gasteiger partial charge is 0.416 e. The molecule has 90 valence electrons. The molecule has 0 aliphatic carbocycles. The molecule has 0 N–H and O–H groups in total. The Morgan fingerprint density at radius 1 is 1.19 bits per heavy atom. The molecule has 16 heavy (non-hydrogen) atoms. The van der Waals surface area contributed by atoms with Gasteiger partial charge in [-0.15, -0.1) is 0 Å². The lowest BCUT2D eigenvalue weighted by Gasteiger charge is -2.17. The van der Waals surface area contributed by atoms with Crippen LogP contribution in [0.15, 0.2) is 24.3 Å². The Kier molecular flexibility index (Phi) is 4.39. The zero-order valence-electron chi connectivity index (χ0n) is 9.64. The molecule has 1 aromatic carbocycles. The minimum absolute atomic E-state index is 0.0298. The van der Waals surface area contributed by atoms with Crippen LogP contribution in [0.1, 0.15) is 50.2 Å². The van der Waals surface area contributed by atoms with Gasteiger partial charge in [0.05, 0.1) is 5.56 Å². The van der Waals surface area contributed by atoms with Crippen LogP contribution in [0.5, 0.6) is 0 Å². The molecule has 1 atom stereocenters. The molecule has 0 bridgehead atoms. The van der Waals surface area contributed by atoms with Crippen LogP contribution in [0.2, 0.25) is 0 Å². The Labute approximate surface area is 94.5 Å². The first-order valence-corrected chi connectivity index (χ1v) is 5.63. The van der Waals surface area contributed by atoms with Gasteiger partial charge in [0.15, 0.2) is 0 Å². The quantitative estimate of drug-likeness (QED) is 0.682. The predicted molar refractivity (Wildman–Crippen MR) is 59.4 cm³/mol. The molecule has 1 aromatic rings. The summed E-state index contributed by atoms with van der Waals surface area (Å²) >= 11 is 0. The number of hydrogen-bond donors (Lipinski definition) is 0. The predicted octanol–water partition coefficient (Wildman–Crippen LogP) is 5.00. The molecular formula is C13H17F3. The van der Waals surface area contributed by atoms with Gasteiger partial charge in [0.2, 0.25) is 0 Å². The maximum Gasteiger partial charge on any atom is 0.416 e. The molecule has 0 saturated heterocycles. The topological polar surface area (TPSA) is 0 Å². The van der Waals surface area contributed by atoms with E-state index < -0.39 is 11.7 Å². The second-order valence-electron chi connectivity index (χ2n) is 4.13. The molecule has 0 spiro atoms. The second-order valence-corrected chi connectivity index (χ2v) is 4.13. The van der Waals surface area contributed by atoms with E-state index in [2.05, 4.69) is 0 Å². The summed E-state index contributed by atoms with van der Waals surface area (Å²) in [5.41, 5.74) is -0.0675. The van der Waals surface area contributed by atoms with E-state index in [0.29, 0.717) is 5.56 Å². The number of hydrogen-bond acceptors (Lipinski definition) is 0. The molecule has 0 heterocycles. The fourth-order valence-corrected chi connectivity index (χ4v) is 1.85. The van der Waals surface area contributed by atoms with Gasteiger partial charge in [-0.3, -0.25) is 0 Å². The SMILES string of the molecule is CCCC[C@H](C)c1ccccc1C(F)(F)F. The van der Waals surface area contributed by atoms with Gasteiger partial charge >= 0.3 is 6.18 Å². The molecule has 0 unspecified atom stereocenters. The van der Waals surface area contributed by atoms with E-state index in [1.165, 1.54) is 6.07 Å². The summed E-state index contributed by atoms with van der Waals surface area (Å²) < 4.78 is 38.2. The van der Waals surface area contributed by atoms with Crippen molar-refractivity contribution >= 4 is 0 Å². The van der Waals surface area contributed by atoms with Crippen molar-refractivity contribution in [3.63, 3.8) is 0 Å². The van der Waals surface area contributed by atoms with Crippen LogP contribution in [-0.2, 0) is 6.18 Å². The summed E-state index contributed by atoms with van der Waals surface area (Å²) in [5, 5.41) is 0. The van der Waals surface area contributed by atoms with Crippen molar-refractivity contribution in [2.24, 2.45) is 0 Å². The van der Waals surface area contributed by atoms with Gasteiger partial charge in [-0.2, -0.15) is 13.2 Å². The Hall–Kier alpha value is -0.990. The van der Waals surface area contributed by atoms with E-state index in [-0.39, 0.29) is 5.92 Å². The van der Waals surface area contributed by atoms with Crippen molar-refractivity contribution in [1.29, 1.82) is 0 Å². The van der Waals surface area contributed by atoms with E-state index in [0.717, 1.165) is 25.3 Å². The van der Waals surface area contributed by atoms with Crippen molar-refractivity contribution in [3.05, 3.63) is 35.4 Å². The van der Waals surface area contributed by atoms with Crippen LogP contribution >= 0.6 is 0 Å². The van der Waals surface area contributed by atoms with E-state index >= 15 is 0 Å². The van der Waals surface area contributed by atoms with Gasteiger partial charge in [0.1, 0.15) is 0 Å². The lowest BCUT2D eigenvalue weighted by Crippen LogP contribution is -2.10. The van der Waals surface area contributed by atoms with Crippen molar-refractivity contribution < 1.29 is 13.2 Å². The van der Waals surface area contributed by atoms with E-state index in [1.807, 2.05) is 13.8 Å². The van der Waals surface area contributed by atoms with Gasteiger partial charge in [0, 0.05) is 0 Å².